The van der Waals surface area contributed by atoms with E-state index in [4.69, 9.17) is 27.9 Å². The van der Waals surface area contributed by atoms with E-state index in [0.717, 1.165) is 18.7 Å². The van der Waals surface area contributed by atoms with Gasteiger partial charge in [-0.3, -0.25) is 4.90 Å². The molecule has 0 saturated carbocycles. The molecule has 0 N–H and O–H groups in total. The van der Waals surface area contributed by atoms with Gasteiger partial charge >= 0.3 is 0 Å². The first kappa shape index (κ1) is 13.1. The number of ether oxygens (including phenoxy) is 1. The van der Waals surface area contributed by atoms with Crippen molar-refractivity contribution in [3.63, 3.8) is 0 Å². The fourth-order valence-corrected chi connectivity index (χ4v) is 2.29. The van der Waals surface area contributed by atoms with Gasteiger partial charge in [0.15, 0.2) is 0 Å². The van der Waals surface area contributed by atoms with Crippen LogP contribution in [0.15, 0.2) is 18.2 Å². The van der Waals surface area contributed by atoms with Crippen LogP contribution in [0.5, 0.6) is 0 Å². The van der Waals surface area contributed by atoms with Gasteiger partial charge in [0.1, 0.15) is 5.82 Å². The summed E-state index contributed by atoms with van der Waals surface area (Å²) in [5.41, 5.74) is 0.807. The SMILES string of the molecule is Fc1ccc(Cl)c(CN2CCOC(CCl)C2)c1. The topological polar surface area (TPSA) is 12.5 Å². The summed E-state index contributed by atoms with van der Waals surface area (Å²) in [4.78, 5) is 2.18. The molecule has 0 spiro atoms. The van der Waals surface area contributed by atoms with E-state index in [9.17, 15) is 4.39 Å². The highest BCUT2D eigenvalue weighted by atomic mass is 35.5. The molecule has 1 heterocycles. The summed E-state index contributed by atoms with van der Waals surface area (Å²) in [5, 5.41) is 0.598. The third-order valence-electron chi connectivity index (χ3n) is 2.80. The summed E-state index contributed by atoms with van der Waals surface area (Å²) in [7, 11) is 0. The first-order valence-corrected chi connectivity index (χ1v) is 6.44. The molecule has 1 aliphatic rings. The number of hydrogen-bond donors (Lipinski definition) is 0. The average Bonchev–Trinajstić information content (AvgIpc) is 2.34. The van der Waals surface area contributed by atoms with Gasteiger partial charge in [-0.15, -0.1) is 11.6 Å². The summed E-state index contributed by atoms with van der Waals surface area (Å²) < 4.78 is 18.6. The van der Waals surface area contributed by atoms with Crippen LogP contribution in [-0.4, -0.2) is 36.6 Å². The Labute approximate surface area is 110 Å². The van der Waals surface area contributed by atoms with Crippen LogP contribution in [0.1, 0.15) is 5.56 Å². The van der Waals surface area contributed by atoms with Crippen LogP contribution >= 0.6 is 23.2 Å². The van der Waals surface area contributed by atoms with Crippen molar-refractivity contribution < 1.29 is 9.13 Å². The molecule has 2 nitrogen and oxygen atoms in total. The molecule has 94 valence electrons. The molecule has 1 aliphatic heterocycles. The Hall–Kier alpha value is -0.350. The van der Waals surface area contributed by atoms with Gasteiger partial charge in [0, 0.05) is 30.5 Å². The molecule has 1 saturated heterocycles. The number of nitrogens with zero attached hydrogens (tertiary/aromatic N) is 1. The predicted molar refractivity (Wildman–Crippen MR) is 67.1 cm³/mol. The molecule has 2 rings (SSSR count). The molecule has 5 heteroatoms. The summed E-state index contributed by atoms with van der Waals surface area (Å²) >= 11 is 11.8. The van der Waals surface area contributed by atoms with Crippen molar-refractivity contribution in [1.82, 2.24) is 4.90 Å². The summed E-state index contributed by atoms with van der Waals surface area (Å²) in [6.07, 6.45) is 0.0535. The predicted octanol–water partition coefficient (Wildman–Crippen LogP) is 2.92. The van der Waals surface area contributed by atoms with E-state index in [-0.39, 0.29) is 11.9 Å². The van der Waals surface area contributed by atoms with Crippen molar-refractivity contribution in [2.24, 2.45) is 0 Å². The van der Waals surface area contributed by atoms with E-state index in [1.807, 2.05) is 0 Å². The lowest BCUT2D eigenvalue weighted by Gasteiger charge is -2.32. The smallest absolute Gasteiger partial charge is 0.123 e. The quantitative estimate of drug-likeness (QED) is 0.788. The van der Waals surface area contributed by atoms with Crippen LogP contribution in [0.25, 0.3) is 0 Å². The van der Waals surface area contributed by atoms with Crippen molar-refractivity contribution in [2.45, 2.75) is 12.6 Å². The number of morpholine rings is 1. The second kappa shape index (κ2) is 6.01. The van der Waals surface area contributed by atoms with Crippen LogP contribution in [0, 0.1) is 5.82 Å². The molecule has 1 aromatic rings. The second-order valence-electron chi connectivity index (χ2n) is 4.12. The maximum atomic E-state index is 13.1. The highest BCUT2D eigenvalue weighted by Gasteiger charge is 2.20. The molecule has 0 amide bonds. The van der Waals surface area contributed by atoms with Crippen molar-refractivity contribution in [1.29, 1.82) is 0 Å². The largest absolute Gasteiger partial charge is 0.374 e. The zero-order valence-electron chi connectivity index (χ0n) is 9.33. The standard InChI is InChI=1S/C12H14Cl2FNO/c13-6-11-8-16(3-4-17-11)7-9-5-10(15)1-2-12(9)14/h1-2,5,11H,3-4,6-8H2. The normalized spacial score (nSPS) is 21.7. The number of alkyl halides is 1. The van der Waals surface area contributed by atoms with Crippen LogP contribution in [0.4, 0.5) is 4.39 Å². The van der Waals surface area contributed by atoms with Gasteiger partial charge in [0.2, 0.25) is 0 Å². The van der Waals surface area contributed by atoms with Crippen LogP contribution in [0.3, 0.4) is 0 Å². The number of benzene rings is 1. The molecular weight excluding hydrogens is 264 g/mol. The summed E-state index contributed by atoms with van der Waals surface area (Å²) in [6, 6.07) is 4.44. The minimum Gasteiger partial charge on any atom is -0.374 e. The van der Waals surface area contributed by atoms with Crippen molar-refractivity contribution >= 4 is 23.2 Å². The molecule has 0 bridgehead atoms. The summed E-state index contributed by atoms with van der Waals surface area (Å²) in [6.45, 7) is 2.87. The molecule has 0 aliphatic carbocycles. The fraction of sp³-hybridized carbons (Fsp3) is 0.500. The molecular formula is C12H14Cl2FNO. The third-order valence-corrected chi connectivity index (χ3v) is 3.51. The summed E-state index contributed by atoms with van der Waals surface area (Å²) in [5.74, 6) is 0.222. The van der Waals surface area contributed by atoms with E-state index in [1.54, 1.807) is 6.07 Å². The highest BCUT2D eigenvalue weighted by Crippen LogP contribution is 2.20. The highest BCUT2D eigenvalue weighted by molar-refractivity contribution is 6.31. The first-order valence-electron chi connectivity index (χ1n) is 5.53. The van der Waals surface area contributed by atoms with Crippen molar-refractivity contribution in [3.8, 4) is 0 Å². The molecule has 1 unspecified atom stereocenters. The Kier molecular flexibility index (Phi) is 4.62. The minimum absolute atomic E-state index is 0.0535. The Morgan fingerprint density at radius 3 is 3.06 bits per heavy atom. The maximum absolute atomic E-state index is 13.1. The van der Waals surface area contributed by atoms with Crippen molar-refractivity contribution in [2.75, 3.05) is 25.6 Å². The lowest BCUT2D eigenvalue weighted by molar-refractivity contribution is -0.0194. The van der Waals surface area contributed by atoms with Gasteiger partial charge in [0.05, 0.1) is 12.7 Å². The first-order chi connectivity index (χ1) is 8.19. The number of halogens is 3. The Morgan fingerprint density at radius 2 is 2.29 bits per heavy atom. The van der Waals surface area contributed by atoms with Crippen LogP contribution < -0.4 is 0 Å². The molecule has 17 heavy (non-hydrogen) atoms. The van der Waals surface area contributed by atoms with E-state index < -0.39 is 0 Å². The molecule has 1 fully saturated rings. The maximum Gasteiger partial charge on any atom is 0.123 e. The van der Waals surface area contributed by atoms with E-state index in [2.05, 4.69) is 4.90 Å². The van der Waals surface area contributed by atoms with E-state index >= 15 is 0 Å². The lowest BCUT2D eigenvalue weighted by Crippen LogP contribution is -2.42. The van der Waals surface area contributed by atoms with Gasteiger partial charge in [0.25, 0.3) is 0 Å². The van der Waals surface area contributed by atoms with Crippen molar-refractivity contribution in [3.05, 3.63) is 34.6 Å². The minimum atomic E-state index is -0.258. The van der Waals surface area contributed by atoms with Gasteiger partial charge in [-0.1, -0.05) is 11.6 Å². The number of hydrogen-bond acceptors (Lipinski definition) is 2. The van der Waals surface area contributed by atoms with E-state index in [0.29, 0.717) is 24.1 Å². The molecule has 0 aromatic heterocycles. The van der Waals surface area contributed by atoms with Gasteiger partial charge < -0.3 is 4.74 Å². The molecule has 1 atom stereocenters. The zero-order chi connectivity index (χ0) is 12.3. The van der Waals surface area contributed by atoms with Crippen LogP contribution in [0.2, 0.25) is 5.02 Å². The molecule has 0 radical (unpaired) electrons. The fourth-order valence-electron chi connectivity index (χ4n) is 1.92. The Bertz CT molecular complexity index is 389. The third kappa shape index (κ3) is 3.55. The van der Waals surface area contributed by atoms with E-state index in [1.165, 1.54) is 12.1 Å². The van der Waals surface area contributed by atoms with Gasteiger partial charge in [-0.2, -0.15) is 0 Å². The Balaban J connectivity index is 2.02. The molecule has 1 aromatic carbocycles. The van der Waals surface area contributed by atoms with Gasteiger partial charge in [-0.25, -0.2) is 4.39 Å². The second-order valence-corrected chi connectivity index (χ2v) is 4.83. The van der Waals surface area contributed by atoms with Crippen LogP contribution in [-0.2, 0) is 11.3 Å². The zero-order valence-corrected chi connectivity index (χ0v) is 10.8. The lowest BCUT2D eigenvalue weighted by atomic mass is 10.2. The number of rotatable bonds is 3. The van der Waals surface area contributed by atoms with Gasteiger partial charge in [-0.05, 0) is 23.8 Å². The average molecular weight is 278 g/mol. The monoisotopic (exact) mass is 277 g/mol. The Morgan fingerprint density at radius 1 is 1.47 bits per heavy atom.